The molecule has 2 N–H and O–H groups in total. The van der Waals surface area contributed by atoms with Gasteiger partial charge in [-0.25, -0.2) is 4.98 Å². The molecule has 0 saturated carbocycles. The summed E-state index contributed by atoms with van der Waals surface area (Å²) >= 11 is 0. The molecule has 21 heavy (non-hydrogen) atoms. The molecule has 0 spiro atoms. The number of H-pyrrole nitrogens is 1. The average Bonchev–Trinajstić information content (AvgIpc) is 2.85. The second-order valence-electron chi connectivity index (χ2n) is 4.72. The van der Waals surface area contributed by atoms with Gasteiger partial charge in [0.1, 0.15) is 5.82 Å². The highest BCUT2D eigenvalue weighted by Crippen LogP contribution is 2.16. The maximum Gasteiger partial charge on any atom is 0.278 e. The maximum atomic E-state index is 12.2. The molecule has 0 bridgehead atoms. The highest BCUT2D eigenvalue weighted by atomic mass is 32.2. The largest absolute Gasteiger partial charge is 0.345 e. The van der Waals surface area contributed by atoms with Gasteiger partial charge in [-0.1, -0.05) is 6.07 Å². The van der Waals surface area contributed by atoms with E-state index in [4.69, 9.17) is 0 Å². The molecule has 0 radical (unpaired) electrons. The first kappa shape index (κ1) is 15.0. The Labute approximate surface area is 123 Å². The van der Waals surface area contributed by atoms with Crippen molar-refractivity contribution in [1.82, 2.24) is 14.9 Å². The first-order chi connectivity index (χ1) is 9.79. The monoisotopic (exact) mass is 308 g/mol. The van der Waals surface area contributed by atoms with Crippen LogP contribution in [0.25, 0.3) is 0 Å². The standard InChI is InChI=1S/C13H16N4O3S/c1-9-14-8-12(15-9)21(19,20)16-11-6-4-5-10(7-11)13(18)17(2)3/h4-8,16H,1-3H3,(H,14,15). The molecule has 0 fully saturated rings. The van der Waals surface area contributed by atoms with Crippen LogP contribution in [0.3, 0.4) is 0 Å². The minimum absolute atomic E-state index is 0.0238. The van der Waals surface area contributed by atoms with Crippen LogP contribution >= 0.6 is 0 Å². The second-order valence-corrected chi connectivity index (χ2v) is 6.37. The lowest BCUT2D eigenvalue weighted by atomic mass is 10.2. The zero-order valence-corrected chi connectivity index (χ0v) is 12.7. The van der Waals surface area contributed by atoms with Crippen molar-refractivity contribution in [1.29, 1.82) is 0 Å². The van der Waals surface area contributed by atoms with E-state index < -0.39 is 10.0 Å². The van der Waals surface area contributed by atoms with Gasteiger partial charge in [0, 0.05) is 25.3 Å². The number of imidazole rings is 1. The summed E-state index contributed by atoms with van der Waals surface area (Å²) in [5, 5.41) is -0.0238. The van der Waals surface area contributed by atoms with E-state index in [0.717, 1.165) is 0 Å². The molecule has 1 aromatic carbocycles. The summed E-state index contributed by atoms with van der Waals surface area (Å²) in [6, 6.07) is 6.31. The number of nitrogens with zero attached hydrogens (tertiary/aromatic N) is 2. The second kappa shape index (κ2) is 5.57. The third kappa shape index (κ3) is 3.40. The smallest absolute Gasteiger partial charge is 0.278 e. The van der Waals surface area contributed by atoms with E-state index in [1.165, 1.54) is 17.2 Å². The van der Waals surface area contributed by atoms with Crippen molar-refractivity contribution >= 4 is 21.6 Å². The average molecular weight is 308 g/mol. The Kier molecular flexibility index (Phi) is 3.99. The van der Waals surface area contributed by atoms with Crippen molar-refractivity contribution in [2.24, 2.45) is 0 Å². The third-order valence-corrected chi connectivity index (χ3v) is 4.03. The molecule has 8 heteroatoms. The normalized spacial score (nSPS) is 11.2. The van der Waals surface area contributed by atoms with E-state index >= 15 is 0 Å². The van der Waals surface area contributed by atoms with Crippen LogP contribution in [0.15, 0.2) is 35.5 Å². The van der Waals surface area contributed by atoms with Crippen molar-refractivity contribution in [3.63, 3.8) is 0 Å². The molecule has 112 valence electrons. The number of aromatic nitrogens is 2. The Balaban J connectivity index is 2.28. The van der Waals surface area contributed by atoms with Crippen molar-refractivity contribution in [3.8, 4) is 0 Å². The van der Waals surface area contributed by atoms with E-state index in [0.29, 0.717) is 17.1 Å². The molecular weight excluding hydrogens is 292 g/mol. The molecule has 1 heterocycles. The van der Waals surface area contributed by atoms with Crippen LogP contribution in [0, 0.1) is 6.92 Å². The number of carbonyl (C=O) groups is 1. The number of nitrogens with one attached hydrogen (secondary N) is 2. The topological polar surface area (TPSA) is 95.2 Å². The minimum atomic E-state index is -3.75. The van der Waals surface area contributed by atoms with E-state index in [2.05, 4.69) is 14.7 Å². The molecule has 0 unspecified atom stereocenters. The molecule has 0 aliphatic rings. The number of amides is 1. The van der Waals surface area contributed by atoms with Crippen LogP contribution in [-0.2, 0) is 10.0 Å². The number of aryl methyl sites for hydroxylation is 1. The van der Waals surface area contributed by atoms with Crippen molar-refractivity contribution in [3.05, 3.63) is 41.9 Å². The quantitative estimate of drug-likeness (QED) is 0.888. The summed E-state index contributed by atoms with van der Waals surface area (Å²) in [6.07, 6.45) is 1.24. The van der Waals surface area contributed by atoms with Crippen LogP contribution in [0.4, 0.5) is 5.69 Å². The van der Waals surface area contributed by atoms with Gasteiger partial charge in [0.25, 0.3) is 15.9 Å². The number of hydrogen-bond acceptors (Lipinski definition) is 4. The molecular formula is C13H16N4O3S. The lowest BCUT2D eigenvalue weighted by Gasteiger charge is -2.12. The van der Waals surface area contributed by atoms with Gasteiger partial charge in [-0.05, 0) is 25.1 Å². The highest BCUT2D eigenvalue weighted by molar-refractivity contribution is 7.92. The highest BCUT2D eigenvalue weighted by Gasteiger charge is 2.17. The number of hydrogen-bond donors (Lipinski definition) is 2. The molecule has 2 rings (SSSR count). The summed E-state index contributed by atoms with van der Waals surface area (Å²) in [7, 11) is -0.485. The van der Waals surface area contributed by atoms with Gasteiger partial charge in [0.05, 0.1) is 6.20 Å². The Morgan fingerprint density at radius 2 is 2.05 bits per heavy atom. The molecule has 1 amide bonds. The fourth-order valence-corrected chi connectivity index (χ4v) is 2.74. The minimum Gasteiger partial charge on any atom is -0.345 e. The Hall–Kier alpha value is -2.35. The van der Waals surface area contributed by atoms with Gasteiger partial charge >= 0.3 is 0 Å². The Morgan fingerprint density at radius 3 is 2.62 bits per heavy atom. The summed E-state index contributed by atoms with van der Waals surface area (Å²) in [5.41, 5.74) is 0.718. The van der Waals surface area contributed by atoms with Gasteiger partial charge in [0.15, 0.2) is 5.03 Å². The molecule has 0 atom stereocenters. The molecule has 0 saturated heterocycles. The lowest BCUT2D eigenvalue weighted by molar-refractivity contribution is 0.0827. The predicted molar refractivity (Wildman–Crippen MR) is 78.6 cm³/mol. The maximum absolute atomic E-state index is 12.2. The van der Waals surface area contributed by atoms with Crippen molar-refractivity contribution < 1.29 is 13.2 Å². The first-order valence-electron chi connectivity index (χ1n) is 6.16. The van der Waals surface area contributed by atoms with Crippen LogP contribution < -0.4 is 4.72 Å². The Bertz CT molecular complexity index is 765. The van der Waals surface area contributed by atoms with Crippen LogP contribution in [0.5, 0.6) is 0 Å². The number of sulfonamides is 1. The molecule has 0 aliphatic carbocycles. The van der Waals surface area contributed by atoms with Gasteiger partial charge < -0.3 is 9.88 Å². The first-order valence-corrected chi connectivity index (χ1v) is 7.64. The predicted octanol–water partition coefficient (Wildman–Crippen LogP) is 1.22. The van der Waals surface area contributed by atoms with E-state index in [9.17, 15) is 13.2 Å². The van der Waals surface area contributed by atoms with Gasteiger partial charge in [-0.15, -0.1) is 0 Å². The van der Waals surface area contributed by atoms with Gasteiger partial charge in [0.2, 0.25) is 0 Å². The van der Waals surface area contributed by atoms with Crippen molar-refractivity contribution in [2.75, 3.05) is 18.8 Å². The zero-order chi connectivity index (χ0) is 15.6. The lowest BCUT2D eigenvalue weighted by Crippen LogP contribution is -2.22. The summed E-state index contributed by atoms with van der Waals surface area (Å²) in [6.45, 7) is 1.66. The van der Waals surface area contributed by atoms with Crippen LogP contribution in [0.2, 0.25) is 0 Å². The zero-order valence-electron chi connectivity index (χ0n) is 11.9. The molecule has 7 nitrogen and oxygen atoms in total. The molecule has 1 aromatic heterocycles. The number of anilines is 1. The Morgan fingerprint density at radius 1 is 1.33 bits per heavy atom. The number of benzene rings is 1. The molecule has 2 aromatic rings. The summed E-state index contributed by atoms with van der Waals surface area (Å²) in [5.74, 6) is 0.306. The summed E-state index contributed by atoms with van der Waals surface area (Å²) < 4.78 is 26.7. The van der Waals surface area contributed by atoms with Gasteiger partial charge in [-0.2, -0.15) is 8.42 Å². The van der Waals surface area contributed by atoms with E-state index in [1.807, 2.05) is 0 Å². The summed E-state index contributed by atoms with van der Waals surface area (Å²) in [4.78, 5) is 19.8. The number of carbonyl (C=O) groups excluding carboxylic acids is 1. The molecule has 0 aliphatic heterocycles. The van der Waals surface area contributed by atoms with Crippen LogP contribution in [-0.4, -0.2) is 43.3 Å². The SMILES string of the molecule is Cc1ncc(S(=O)(=O)Nc2cccc(C(=O)N(C)C)c2)[nH]1. The fourth-order valence-electron chi connectivity index (χ4n) is 1.72. The van der Waals surface area contributed by atoms with E-state index in [1.54, 1.807) is 39.2 Å². The van der Waals surface area contributed by atoms with Gasteiger partial charge in [-0.3, -0.25) is 9.52 Å². The van der Waals surface area contributed by atoms with E-state index in [-0.39, 0.29) is 10.9 Å². The van der Waals surface area contributed by atoms with Crippen molar-refractivity contribution in [2.45, 2.75) is 11.9 Å². The van der Waals surface area contributed by atoms with Crippen LogP contribution in [0.1, 0.15) is 16.2 Å². The third-order valence-electron chi connectivity index (χ3n) is 2.74. The number of rotatable bonds is 4. The fraction of sp³-hybridized carbons (Fsp3) is 0.231. The number of aromatic amines is 1.